The van der Waals surface area contributed by atoms with Crippen molar-refractivity contribution in [2.75, 3.05) is 39.3 Å². The molecule has 1 amide bonds. The number of piperazine rings is 1. The molecule has 0 spiro atoms. The third-order valence-corrected chi connectivity index (χ3v) is 9.07. The smallest absolute Gasteiger partial charge is 0.340 e. The average molecular weight is 590 g/mol. The fourth-order valence-electron chi connectivity index (χ4n) is 6.41. The van der Waals surface area contributed by atoms with Gasteiger partial charge in [0.05, 0.1) is 5.56 Å². The number of alkyl halides is 3. The lowest BCUT2D eigenvalue weighted by molar-refractivity contribution is -0.137. The lowest BCUT2D eigenvalue weighted by Gasteiger charge is -2.34. The van der Waals surface area contributed by atoms with Crippen LogP contribution in [0.25, 0.3) is 10.9 Å². The molecule has 6 rings (SSSR count). The summed E-state index contributed by atoms with van der Waals surface area (Å²) in [5, 5.41) is 1.07. The molecule has 9 heteroatoms. The summed E-state index contributed by atoms with van der Waals surface area (Å²) in [6.45, 7) is 8.16. The first-order chi connectivity index (χ1) is 20.6. The van der Waals surface area contributed by atoms with E-state index in [0.29, 0.717) is 44.3 Å². The van der Waals surface area contributed by atoms with Crippen LogP contribution >= 0.6 is 0 Å². The number of hydrogen-bond acceptors (Lipinski definition) is 4. The number of carbonyl (C=O) groups excluding carboxylic acids is 1. The predicted molar refractivity (Wildman–Crippen MR) is 162 cm³/mol. The Morgan fingerprint density at radius 3 is 2.14 bits per heavy atom. The van der Waals surface area contributed by atoms with Crippen LogP contribution in [0.2, 0.25) is 0 Å². The number of likely N-dealkylation sites (tertiary alicyclic amines) is 1. The van der Waals surface area contributed by atoms with E-state index < -0.39 is 11.7 Å². The van der Waals surface area contributed by atoms with Crippen molar-refractivity contribution in [3.05, 3.63) is 101 Å². The summed E-state index contributed by atoms with van der Waals surface area (Å²) in [6.07, 6.45) is -0.131. The number of carbonyl (C=O) groups is 1. The molecule has 2 saturated heterocycles. The van der Waals surface area contributed by atoms with Crippen LogP contribution in [0.5, 0.6) is 0 Å². The molecule has 4 aromatic rings. The minimum Gasteiger partial charge on any atom is -0.340 e. The predicted octanol–water partition coefficient (Wildman–Crippen LogP) is 6.24. The van der Waals surface area contributed by atoms with Crippen molar-refractivity contribution in [3.63, 3.8) is 0 Å². The van der Waals surface area contributed by atoms with Crippen LogP contribution in [0.15, 0.2) is 66.9 Å². The molecule has 2 aromatic carbocycles. The van der Waals surface area contributed by atoms with Crippen molar-refractivity contribution in [2.45, 2.75) is 44.9 Å². The standard InChI is InChI=1S/C34H38F3N5O/c1-24-3-4-26(21-38-24)23-40-13-11-27(12-14-40)28-7-8-29-20-32(39(2)31(29)19-28)33(43)42-17-15-41(16-18-42)22-25-5-9-30(10-6-25)34(35,36)37/h3-10,19-21,27H,11-18,22-23H2,1-2H3. The van der Waals surface area contributed by atoms with E-state index in [9.17, 15) is 18.0 Å². The van der Waals surface area contributed by atoms with E-state index in [2.05, 4.69) is 45.1 Å². The van der Waals surface area contributed by atoms with E-state index in [0.717, 1.165) is 66.8 Å². The van der Waals surface area contributed by atoms with E-state index in [1.165, 1.54) is 23.3 Å². The zero-order valence-corrected chi connectivity index (χ0v) is 24.8. The first-order valence-corrected chi connectivity index (χ1v) is 15.0. The highest BCUT2D eigenvalue weighted by Gasteiger charge is 2.30. The van der Waals surface area contributed by atoms with Crippen LogP contribution in [0.1, 0.15) is 57.2 Å². The van der Waals surface area contributed by atoms with Gasteiger partial charge in [0.15, 0.2) is 0 Å². The van der Waals surface area contributed by atoms with Crippen LogP contribution in [-0.2, 0) is 26.3 Å². The third kappa shape index (κ3) is 6.63. The fourth-order valence-corrected chi connectivity index (χ4v) is 6.41. The van der Waals surface area contributed by atoms with Gasteiger partial charge in [-0.15, -0.1) is 0 Å². The molecule has 0 atom stereocenters. The number of aryl methyl sites for hydroxylation is 2. The van der Waals surface area contributed by atoms with Crippen molar-refractivity contribution < 1.29 is 18.0 Å². The van der Waals surface area contributed by atoms with Gasteiger partial charge in [-0.3, -0.25) is 19.6 Å². The molecule has 2 aromatic heterocycles. The number of halogens is 3. The van der Waals surface area contributed by atoms with Gasteiger partial charge in [0.2, 0.25) is 0 Å². The Hall–Kier alpha value is -3.69. The third-order valence-electron chi connectivity index (χ3n) is 9.07. The van der Waals surface area contributed by atoms with Gasteiger partial charge >= 0.3 is 6.18 Å². The molecule has 0 saturated carbocycles. The summed E-state index contributed by atoms with van der Waals surface area (Å²) in [5.74, 6) is 0.525. The number of amides is 1. The number of aromatic nitrogens is 2. The second-order valence-electron chi connectivity index (χ2n) is 12.0. The number of rotatable bonds is 6. The van der Waals surface area contributed by atoms with E-state index >= 15 is 0 Å². The minimum absolute atomic E-state index is 0.0216. The molecule has 2 aliphatic heterocycles. The molecular formula is C34H38F3N5O. The SMILES string of the molecule is Cc1ccc(CN2CCC(c3ccc4cc(C(=O)N5CCN(Cc6ccc(C(F)(F)F)cc6)CC5)n(C)c4c3)CC2)cn1. The number of benzene rings is 2. The number of pyridine rings is 1. The molecule has 6 nitrogen and oxygen atoms in total. The van der Waals surface area contributed by atoms with E-state index in [-0.39, 0.29) is 5.91 Å². The monoisotopic (exact) mass is 589 g/mol. The zero-order chi connectivity index (χ0) is 30.1. The van der Waals surface area contributed by atoms with Crippen LogP contribution in [-0.4, -0.2) is 69.4 Å². The first kappa shape index (κ1) is 29.4. The summed E-state index contributed by atoms with van der Waals surface area (Å²) >= 11 is 0. The molecule has 43 heavy (non-hydrogen) atoms. The molecule has 0 unspecified atom stereocenters. The summed E-state index contributed by atoms with van der Waals surface area (Å²) in [6, 6.07) is 18.2. The van der Waals surface area contributed by atoms with Gasteiger partial charge in [-0.1, -0.05) is 30.3 Å². The fraction of sp³-hybridized carbons (Fsp3) is 0.412. The molecule has 0 N–H and O–H groups in total. The van der Waals surface area contributed by atoms with Crippen molar-refractivity contribution in [3.8, 4) is 0 Å². The van der Waals surface area contributed by atoms with Crippen LogP contribution in [0, 0.1) is 6.92 Å². The summed E-state index contributed by atoms with van der Waals surface area (Å²) < 4.78 is 40.6. The summed E-state index contributed by atoms with van der Waals surface area (Å²) in [5.41, 5.74) is 5.60. The summed E-state index contributed by atoms with van der Waals surface area (Å²) in [4.78, 5) is 24.6. The van der Waals surface area contributed by atoms with E-state index in [1.807, 2.05) is 35.7 Å². The van der Waals surface area contributed by atoms with Gasteiger partial charge < -0.3 is 9.47 Å². The largest absolute Gasteiger partial charge is 0.416 e. The molecular weight excluding hydrogens is 551 g/mol. The van der Waals surface area contributed by atoms with Gasteiger partial charge in [-0.2, -0.15) is 13.2 Å². The van der Waals surface area contributed by atoms with Gasteiger partial charge in [-0.05, 0) is 85.8 Å². The molecule has 0 aliphatic carbocycles. The molecule has 2 fully saturated rings. The maximum Gasteiger partial charge on any atom is 0.416 e. The van der Waals surface area contributed by atoms with Crippen molar-refractivity contribution >= 4 is 16.8 Å². The van der Waals surface area contributed by atoms with Crippen molar-refractivity contribution in [1.29, 1.82) is 0 Å². The Kier molecular flexibility index (Phi) is 8.29. The minimum atomic E-state index is -4.33. The lowest BCUT2D eigenvalue weighted by atomic mass is 9.89. The Morgan fingerprint density at radius 1 is 0.837 bits per heavy atom. The van der Waals surface area contributed by atoms with Gasteiger partial charge in [0.25, 0.3) is 5.91 Å². The highest BCUT2D eigenvalue weighted by atomic mass is 19.4. The molecule has 226 valence electrons. The van der Waals surface area contributed by atoms with Crippen LogP contribution in [0.4, 0.5) is 13.2 Å². The second-order valence-corrected chi connectivity index (χ2v) is 12.0. The quantitative estimate of drug-likeness (QED) is 0.267. The average Bonchev–Trinajstić information content (AvgIpc) is 3.34. The highest BCUT2D eigenvalue weighted by Crippen LogP contribution is 2.32. The lowest BCUT2D eigenvalue weighted by Crippen LogP contribution is -2.48. The topological polar surface area (TPSA) is 44.6 Å². The van der Waals surface area contributed by atoms with Crippen molar-refractivity contribution in [1.82, 2.24) is 24.3 Å². The zero-order valence-electron chi connectivity index (χ0n) is 24.8. The number of nitrogens with zero attached hydrogens (tertiary/aromatic N) is 5. The Balaban J connectivity index is 1.05. The first-order valence-electron chi connectivity index (χ1n) is 15.0. The molecule has 0 radical (unpaired) electrons. The number of piperidine rings is 1. The maximum atomic E-state index is 13.5. The van der Waals surface area contributed by atoms with E-state index in [1.54, 1.807) is 0 Å². The molecule has 2 aliphatic rings. The Bertz CT molecular complexity index is 1560. The maximum absolute atomic E-state index is 13.5. The van der Waals surface area contributed by atoms with Gasteiger partial charge in [-0.25, -0.2) is 0 Å². The van der Waals surface area contributed by atoms with Crippen LogP contribution < -0.4 is 0 Å². The van der Waals surface area contributed by atoms with Crippen molar-refractivity contribution in [2.24, 2.45) is 7.05 Å². The highest BCUT2D eigenvalue weighted by molar-refractivity contribution is 5.99. The number of fused-ring (bicyclic) bond motifs is 1. The van der Waals surface area contributed by atoms with E-state index in [4.69, 9.17) is 0 Å². The normalized spacial score (nSPS) is 17.6. The Labute approximate surface area is 250 Å². The van der Waals surface area contributed by atoms with Gasteiger partial charge in [0.1, 0.15) is 5.69 Å². The second kappa shape index (κ2) is 12.1. The molecule has 4 heterocycles. The van der Waals surface area contributed by atoms with Crippen LogP contribution in [0.3, 0.4) is 0 Å². The molecule has 0 bridgehead atoms. The Morgan fingerprint density at radius 2 is 1.49 bits per heavy atom. The number of hydrogen-bond donors (Lipinski definition) is 0. The summed E-state index contributed by atoms with van der Waals surface area (Å²) in [7, 11) is 1.97. The van der Waals surface area contributed by atoms with Gasteiger partial charge in [0, 0.05) is 69.1 Å².